The van der Waals surface area contributed by atoms with Gasteiger partial charge in [-0.3, -0.25) is 4.79 Å². The number of hydrogen-bond acceptors (Lipinski definition) is 5. The summed E-state index contributed by atoms with van der Waals surface area (Å²) in [5.74, 6) is -0.685. The highest BCUT2D eigenvalue weighted by Crippen LogP contribution is 2.46. The minimum absolute atomic E-state index is 0.173. The van der Waals surface area contributed by atoms with Crippen molar-refractivity contribution >= 4 is 29.3 Å². The number of carboxylic acid groups (broad SMARTS) is 1. The highest BCUT2D eigenvalue weighted by atomic mass is 35.5. The Morgan fingerprint density at radius 3 is 2.63 bits per heavy atom. The lowest BCUT2D eigenvalue weighted by molar-refractivity contribution is 0.0696. The fraction of sp³-hybridized carbons (Fsp3) is 0.269. The van der Waals surface area contributed by atoms with Crippen molar-refractivity contribution in [1.82, 2.24) is 10.3 Å². The van der Waals surface area contributed by atoms with Crippen molar-refractivity contribution in [1.29, 1.82) is 0 Å². The molecule has 1 saturated carbocycles. The lowest BCUT2D eigenvalue weighted by atomic mass is 10.0. The number of hydrogen-bond donors (Lipinski definition) is 2. The summed E-state index contributed by atoms with van der Waals surface area (Å²) in [7, 11) is 0. The summed E-state index contributed by atoms with van der Waals surface area (Å²) in [6.07, 6.45) is 3.53. The molecule has 9 heteroatoms. The van der Waals surface area contributed by atoms with E-state index in [0.717, 1.165) is 18.4 Å². The van der Waals surface area contributed by atoms with Gasteiger partial charge in [0.15, 0.2) is 0 Å². The molecule has 180 valence electrons. The van der Waals surface area contributed by atoms with Gasteiger partial charge >= 0.3 is 5.97 Å². The smallest absolute Gasteiger partial charge is 0.335 e. The van der Waals surface area contributed by atoms with Crippen molar-refractivity contribution in [3.05, 3.63) is 88.3 Å². The summed E-state index contributed by atoms with van der Waals surface area (Å²) in [4.78, 5) is 31.0. The molecule has 7 nitrogen and oxygen atoms in total. The van der Waals surface area contributed by atoms with Crippen molar-refractivity contribution < 1.29 is 23.8 Å². The Balaban J connectivity index is 1.32. The zero-order valence-electron chi connectivity index (χ0n) is 18.7. The maximum absolute atomic E-state index is 13.5. The number of aromatic carboxylic acids is 1. The van der Waals surface area contributed by atoms with E-state index in [1.165, 1.54) is 18.3 Å². The van der Waals surface area contributed by atoms with Crippen LogP contribution in [0.15, 0.2) is 60.8 Å². The fourth-order valence-electron chi connectivity index (χ4n) is 4.43. The number of benzene rings is 2. The van der Waals surface area contributed by atoms with Crippen LogP contribution < -0.4 is 15.0 Å². The van der Waals surface area contributed by atoms with E-state index < -0.39 is 11.5 Å². The number of carbonyl (C=O) groups is 2. The molecule has 2 aromatic carbocycles. The highest BCUT2D eigenvalue weighted by molar-refractivity contribution is 6.31. The number of amides is 1. The maximum atomic E-state index is 13.5. The van der Waals surface area contributed by atoms with Gasteiger partial charge in [0.1, 0.15) is 23.5 Å². The fourth-order valence-corrected chi connectivity index (χ4v) is 4.59. The predicted octanol–water partition coefficient (Wildman–Crippen LogP) is 4.65. The first-order chi connectivity index (χ1) is 16.8. The first-order valence-corrected chi connectivity index (χ1v) is 11.7. The molecule has 1 atom stereocenters. The van der Waals surface area contributed by atoms with Crippen LogP contribution in [-0.2, 0) is 5.54 Å². The number of carbonyl (C=O) groups excluding carboxylic acids is 1. The zero-order valence-corrected chi connectivity index (χ0v) is 19.5. The Bertz CT molecular complexity index is 1280. The average molecular weight is 496 g/mol. The monoisotopic (exact) mass is 495 g/mol. The minimum atomic E-state index is -0.995. The van der Waals surface area contributed by atoms with Crippen LogP contribution in [0.2, 0.25) is 5.02 Å². The number of halogens is 2. The Morgan fingerprint density at radius 2 is 1.94 bits per heavy atom. The van der Waals surface area contributed by atoms with Gasteiger partial charge in [0.25, 0.3) is 5.91 Å². The minimum Gasteiger partial charge on any atom is -0.488 e. The van der Waals surface area contributed by atoms with Gasteiger partial charge in [-0.2, -0.15) is 0 Å². The number of aromatic nitrogens is 1. The molecule has 1 saturated heterocycles. The van der Waals surface area contributed by atoms with E-state index in [1.54, 1.807) is 42.5 Å². The predicted molar refractivity (Wildman–Crippen MR) is 129 cm³/mol. The number of pyridine rings is 1. The van der Waals surface area contributed by atoms with Crippen molar-refractivity contribution in [2.45, 2.75) is 30.9 Å². The summed E-state index contributed by atoms with van der Waals surface area (Å²) in [6.45, 7) is 1.11. The molecule has 5 rings (SSSR count). The molecular weight excluding hydrogens is 473 g/mol. The van der Waals surface area contributed by atoms with Crippen molar-refractivity contribution in [3.63, 3.8) is 0 Å². The summed E-state index contributed by atoms with van der Waals surface area (Å²) in [5, 5.41) is 12.6. The van der Waals surface area contributed by atoms with Crippen molar-refractivity contribution in [2.75, 3.05) is 18.0 Å². The standard InChI is InChI=1S/C26H23ClFN3O4/c27-18-12-22(24(32)30-26(9-10-26)17-6-4-16(5-7-17)25(33)34)23(29-14-18)31-11-8-21(15-31)35-20-3-1-2-19(28)13-20/h1-7,12-14,21H,8-11,15H2,(H,30,32)(H,33,34)/t21-/m0/s1. The molecule has 3 aromatic rings. The van der Waals surface area contributed by atoms with E-state index in [1.807, 2.05) is 4.90 Å². The molecule has 1 aromatic heterocycles. The van der Waals surface area contributed by atoms with Crippen LogP contribution in [0.3, 0.4) is 0 Å². The molecule has 2 aliphatic rings. The normalized spacial score (nSPS) is 18.2. The van der Waals surface area contributed by atoms with Crippen molar-refractivity contribution in [2.24, 2.45) is 0 Å². The third-order valence-electron chi connectivity index (χ3n) is 6.41. The number of anilines is 1. The molecule has 0 radical (unpaired) electrons. The van der Waals surface area contributed by atoms with Gasteiger partial charge in [-0.15, -0.1) is 0 Å². The third kappa shape index (κ3) is 4.93. The molecule has 1 aliphatic carbocycles. The molecule has 35 heavy (non-hydrogen) atoms. The largest absolute Gasteiger partial charge is 0.488 e. The van der Waals surface area contributed by atoms with E-state index >= 15 is 0 Å². The van der Waals surface area contributed by atoms with Crippen LogP contribution in [0.5, 0.6) is 5.75 Å². The van der Waals surface area contributed by atoms with Crippen LogP contribution in [0.25, 0.3) is 0 Å². The Kier molecular flexibility index (Phi) is 6.06. The maximum Gasteiger partial charge on any atom is 0.335 e. The second kappa shape index (κ2) is 9.19. The molecule has 1 aliphatic heterocycles. The number of nitrogens with one attached hydrogen (secondary N) is 1. The number of nitrogens with zero attached hydrogens (tertiary/aromatic N) is 2. The molecule has 0 spiro atoms. The number of carboxylic acids is 1. The summed E-state index contributed by atoms with van der Waals surface area (Å²) < 4.78 is 19.4. The first-order valence-electron chi connectivity index (χ1n) is 11.3. The number of ether oxygens (including phenoxy) is 1. The molecule has 2 N–H and O–H groups in total. The summed E-state index contributed by atoms with van der Waals surface area (Å²) >= 11 is 6.19. The topological polar surface area (TPSA) is 91.8 Å². The lowest BCUT2D eigenvalue weighted by Crippen LogP contribution is -2.36. The Labute approximate surface area is 206 Å². The van der Waals surface area contributed by atoms with E-state index in [2.05, 4.69) is 10.3 Å². The van der Waals surface area contributed by atoms with Crippen LogP contribution in [-0.4, -0.2) is 41.2 Å². The molecule has 2 fully saturated rings. The van der Waals surface area contributed by atoms with Crippen LogP contribution in [0.1, 0.15) is 45.5 Å². The second-order valence-corrected chi connectivity index (χ2v) is 9.31. The van der Waals surface area contributed by atoms with Gasteiger partial charge < -0.3 is 20.1 Å². The molecule has 0 unspecified atom stereocenters. The van der Waals surface area contributed by atoms with Gasteiger partial charge in [0.2, 0.25) is 0 Å². The molecule has 0 bridgehead atoms. The van der Waals surface area contributed by atoms with Crippen LogP contribution in [0.4, 0.5) is 10.2 Å². The van der Waals surface area contributed by atoms with Crippen molar-refractivity contribution in [3.8, 4) is 5.75 Å². The highest BCUT2D eigenvalue weighted by Gasteiger charge is 2.46. The summed E-state index contributed by atoms with van der Waals surface area (Å²) in [5.41, 5.74) is 0.873. The van der Waals surface area contributed by atoms with Crippen LogP contribution >= 0.6 is 11.6 Å². The van der Waals surface area contributed by atoms with Gasteiger partial charge in [0.05, 0.1) is 28.2 Å². The third-order valence-corrected chi connectivity index (χ3v) is 6.62. The van der Waals surface area contributed by atoms with E-state index in [-0.39, 0.29) is 23.4 Å². The van der Waals surface area contributed by atoms with E-state index in [4.69, 9.17) is 21.4 Å². The van der Waals surface area contributed by atoms with Gasteiger partial charge in [-0.05, 0) is 48.7 Å². The SMILES string of the molecule is O=C(O)c1ccc(C2(NC(=O)c3cc(Cl)cnc3N3CC[C@H](Oc4cccc(F)c4)C3)CC2)cc1. The molecule has 2 heterocycles. The molecule has 1 amide bonds. The van der Waals surface area contributed by atoms with Crippen LogP contribution in [0, 0.1) is 5.82 Å². The molecular formula is C26H23ClFN3O4. The Hall–Kier alpha value is -3.65. The van der Waals surface area contributed by atoms with E-state index in [9.17, 15) is 14.0 Å². The summed E-state index contributed by atoms with van der Waals surface area (Å²) in [6, 6.07) is 14.2. The Morgan fingerprint density at radius 1 is 1.17 bits per heavy atom. The van der Waals surface area contributed by atoms with Gasteiger partial charge in [0, 0.05) is 25.2 Å². The second-order valence-electron chi connectivity index (χ2n) is 8.88. The first kappa shape index (κ1) is 23.1. The van der Waals surface area contributed by atoms with Gasteiger partial charge in [-0.1, -0.05) is 29.8 Å². The van der Waals surface area contributed by atoms with E-state index in [0.29, 0.717) is 41.7 Å². The quantitative estimate of drug-likeness (QED) is 0.496. The zero-order chi connectivity index (χ0) is 24.6. The average Bonchev–Trinajstić information content (AvgIpc) is 3.48. The lowest BCUT2D eigenvalue weighted by Gasteiger charge is -2.23. The number of rotatable bonds is 7. The van der Waals surface area contributed by atoms with Gasteiger partial charge in [-0.25, -0.2) is 14.2 Å².